The van der Waals surface area contributed by atoms with Crippen molar-refractivity contribution >= 4 is 21.9 Å². The summed E-state index contributed by atoms with van der Waals surface area (Å²) in [6.07, 6.45) is 6.14. The van der Waals surface area contributed by atoms with Gasteiger partial charge in [0, 0.05) is 21.7 Å². The highest BCUT2D eigenvalue weighted by Gasteiger charge is 2.13. The van der Waals surface area contributed by atoms with Gasteiger partial charge in [-0.3, -0.25) is 0 Å². The lowest BCUT2D eigenvalue weighted by atomic mass is 10.1. The van der Waals surface area contributed by atoms with Gasteiger partial charge >= 0.3 is 5.97 Å². The van der Waals surface area contributed by atoms with Crippen molar-refractivity contribution in [3.05, 3.63) is 64.4 Å². The second-order valence-electron chi connectivity index (χ2n) is 4.59. The molecule has 3 rings (SSSR count). The van der Waals surface area contributed by atoms with Crippen LogP contribution < -0.4 is 0 Å². The van der Waals surface area contributed by atoms with Crippen molar-refractivity contribution in [2.75, 3.05) is 0 Å². The number of aromatic nitrogens is 1. The summed E-state index contributed by atoms with van der Waals surface area (Å²) in [5, 5.41) is 3.98. The molecule has 1 aliphatic carbocycles. The summed E-state index contributed by atoms with van der Waals surface area (Å²) in [4.78, 5) is 11.7. The molecule has 0 fully saturated rings. The molecule has 0 amide bonds. The molecule has 0 unspecified atom stereocenters. The van der Waals surface area contributed by atoms with Crippen LogP contribution in [0, 0.1) is 0 Å². The molecule has 5 heteroatoms. The first-order valence-corrected chi connectivity index (χ1v) is 7.26. The number of carbonyl (C=O) groups is 1. The maximum Gasteiger partial charge on any atom is 0.334 e. The van der Waals surface area contributed by atoms with Gasteiger partial charge < -0.3 is 9.26 Å². The minimum atomic E-state index is -0.318. The number of hydrogen-bond donors (Lipinski definition) is 0. The molecular weight excluding hydrogens is 334 g/mol. The van der Waals surface area contributed by atoms with Crippen molar-refractivity contribution < 1.29 is 14.1 Å². The summed E-state index contributed by atoms with van der Waals surface area (Å²) in [5.74, 6) is 0.203. The van der Waals surface area contributed by atoms with Crippen LogP contribution in [0.15, 0.2) is 63.1 Å². The Labute approximate surface area is 130 Å². The van der Waals surface area contributed by atoms with E-state index in [1.54, 1.807) is 12.1 Å². The molecule has 0 saturated heterocycles. The van der Waals surface area contributed by atoms with Crippen LogP contribution in [0.4, 0.5) is 0 Å². The van der Waals surface area contributed by atoms with E-state index >= 15 is 0 Å². The first-order chi connectivity index (χ1) is 10.2. The van der Waals surface area contributed by atoms with Crippen molar-refractivity contribution in [1.29, 1.82) is 0 Å². The Morgan fingerprint density at radius 1 is 1.33 bits per heavy atom. The van der Waals surface area contributed by atoms with E-state index < -0.39 is 0 Å². The SMILES string of the molecule is O=C(OCc1cc(-c2ccc(Br)cc2)no1)C1=CC=CC1. The largest absolute Gasteiger partial charge is 0.454 e. The fourth-order valence-electron chi connectivity index (χ4n) is 1.97. The van der Waals surface area contributed by atoms with Gasteiger partial charge in [-0.2, -0.15) is 0 Å². The van der Waals surface area contributed by atoms with E-state index in [1.165, 1.54) is 0 Å². The van der Waals surface area contributed by atoms with Crippen molar-refractivity contribution in [2.24, 2.45) is 0 Å². The third-order valence-corrected chi connectivity index (χ3v) is 3.61. The average Bonchev–Trinajstić information content (AvgIpc) is 3.17. The second kappa shape index (κ2) is 6.10. The van der Waals surface area contributed by atoms with Crippen molar-refractivity contribution in [3.63, 3.8) is 0 Å². The van der Waals surface area contributed by atoms with Crippen LogP contribution in [0.3, 0.4) is 0 Å². The summed E-state index contributed by atoms with van der Waals surface area (Å²) in [6, 6.07) is 9.52. The first-order valence-electron chi connectivity index (χ1n) is 6.47. The number of halogens is 1. The fourth-order valence-corrected chi connectivity index (χ4v) is 2.23. The number of esters is 1. The summed E-state index contributed by atoms with van der Waals surface area (Å²) >= 11 is 3.38. The zero-order valence-electron chi connectivity index (χ0n) is 11.1. The summed E-state index contributed by atoms with van der Waals surface area (Å²) < 4.78 is 11.4. The molecule has 0 N–H and O–H groups in total. The minimum Gasteiger partial charge on any atom is -0.454 e. The molecule has 0 saturated carbocycles. The molecule has 0 atom stereocenters. The zero-order valence-corrected chi connectivity index (χ0v) is 12.7. The summed E-state index contributed by atoms with van der Waals surface area (Å²) in [6.45, 7) is 0.0830. The smallest absolute Gasteiger partial charge is 0.334 e. The number of rotatable bonds is 4. The Morgan fingerprint density at radius 3 is 2.86 bits per heavy atom. The van der Waals surface area contributed by atoms with Gasteiger partial charge in [-0.25, -0.2) is 4.79 Å². The molecule has 0 radical (unpaired) electrons. The number of benzene rings is 1. The van der Waals surface area contributed by atoms with Gasteiger partial charge in [0.15, 0.2) is 12.4 Å². The Bertz CT molecular complexity index is 713. The predicted molar refractivity (Wildman–Crippen MR) is 81.3 cm³/mol. The lowest BCUT2D eigenvalue weighted by Gasteiger charge is -2.01. The van der Waals surface area contributed by atoms with Gasteiger partial charge in [-0.1, -0.05) is 51.4 Å². The topological polar surface area (TPSA) is 52.3 Å². The Balaban J connectivity index is 1.62. The molecule has 1 aromatic heterocycles. The minimum absolute atomic E-state index is 0.0830. The van der Waals surface area contributed by atoms with Crippen LogP contribution in [0.25, 0.3) is 11.3 Å². The van der Waals surface area contributed by atoms with Crippen molar-refractivity contribution in [3.8, 4) is 11.3 Å². The van der Waals surface area contributed by atoms with Gasteiger partial charge in [0.25, 0.3) is 0 Å². The quantitative estimate of drug-likeness (QED) is 0.785. The predicted octanol–water partition coefficient (Wildman–Crippen LogP) is 4.03. The fraction of sp³-hybridized carbons (Fsp3) is 0.125. The number of allylic oxidation sites excluding steroid dienone is 3. The molecular formula is C16H12BrNO3. The first kappa shape index (κ1) is 13.8. The molecule has 106 valence electrons. The van der Waals surface area contributed by atoms with E-state index in [1.807, 2.05) is 36.4 Å². The highest BCUT2D eigenvalue weighted by Crippen LogP contribution is 2.22. The number of hydrogen-bond acceptors (Lipinski definition) is 4. The third-order valence-electron chi connectivity index (χ3n) is 3.08. The van der Waals surface area contributed by atoms with Crippen LogP contribution in [-0.4, -0.2) is 11.1 Å². The zero-order chi connectivity index (χ0) is 14.7. The second-order valence-corrected chi connectivity index (χ2v) is 5.50. The number of nitrogens with zero attached hydrogens (tertiary/aromatic N) is 1. The Kier molecular flexibility index (Phi) is 4.01. The van der Waals surface area contributed by atoms with Crippen LogP contribution in [0.2, 0.25) is 0 Å². The highest BCUT2D eigenvalue weighted by atomic mass is 79.9. The monoisotopic (exact) mass is 345 g/mol. The van der Waals surface area contributed by atoms with Gasteiger partial charge in [0.05, 0.1) is 0 Å². The molecule has 0 aliphatic heterocycles. The highest BCUT2D eigenvalue weighted by molar-refractivity contribution is 9.10. The van der Waals surface area contributed by atoms with E-state index in [0.717, 1.165) is 15.7 Å². The van der Waals surface area contributed by atoms with Gasteiger partial charge in [-0.05, 0) is 18.6 Å². The number of carbonyl (C=O) groups excluding carboxylic acids is 1. The lowest BCUT2D eigenvalue weighted by molar-refractivity contribution is -0.140. The maximum absolute atomic E-state index is 11.7. The molecule has 2 aromatic rings. The normalized spacial score (nSPS) is 13.3. The van der Waals surface area contributed by atoms with E-state index in [0.29, 0.717) is 17.8 Å². The van der Waals surface area contributed by atoms with E-state index in [9.17, 15) is 4.79 Å². The van der Waals surface area contributed by atoms with Crippen LogP contribution in [0.5, 0.6) is 0 Å². The lowest BCUT2D eigenvalue weighted by Crippen LogP contribution is -2.06. The summed E-state index contributed by atoms with van der Waals surface area (Å²) in [5.41, 5.74) is 2.32. The van der Waals surface area contributed by atoms with Crippen molar-refractivity contribution in [1.82, 2.24) is 5.16 Å². The molecule has 1 aliphatic rings. The standard InChI is InChI=1S/C16H12BrNO3/c17-13-7-5-11(6-8-13)15-9-14(21-18-15)10-20-16(19)12-3-1-2-4-12/h1-3,5-9H,4,10H2. The molecule has 0 bridgehead atoms. The molecule has 21 heavy (non-hydrogen) atoms. The summed E-state index contributed by atoms with van der Waals surface area (Å²) in [7, 11) is 0. The molecule has 0 spiro atoms. The van der Waals surface area contributed by atoms with Crippen LogP contribution >= 0.6 is 15.9 Å². The van der Waals surface area contributed by atoms with Crippen LogP contribution in [0.1, 0.15) is 12.2 Å². The molecule has 1 heterocycles. The van der Waals surface area contributed by atoms with Crippen molar-refractivity contribution in [2.45, 2.75) is 13.0 Å². The van der Waals surface area contributed by atoms with Gasteiger partial charge in [0.1, 0.15) is 5.69 Å². The van der Waals surface area contributed by atoms with E-state index in [-0.39, 0.29) is 12.6 Å². The Morgan fingerprint density at radius 2 is 2.14 bits per heavy atom. The van der Waals surface area contributed by atoms with E-state index in [2.05, 4.69) is 21.1 Å². The van der Waals surface area contributed by atoms with Gasteiger partial charge in [-0.15, -0.1) is 0 Å². The number of ether oxygens (including phenoxy) is 1. The van der Waals surface area contributed by atoms with Crippen LogP contribution in [-0.2, 0) is 16.1 Å². The van der Waals surface area contributed by atoms with E-state index in [4.69, 9.17) is 9.26 Å². The average molecular weight is 346 g/mol. The molecule has 1 aromatic carbocycles. The maximum atomic E-state index is 11.7. The third kappa shape index (κ3) is 3.31. The Hall–Kier alpha value is -2.14. The molecule has 4 nitrogen and oxygen atoms in total. The van der Waals surface area contributed by atoms with Gasteiger partial charge in [0.2, 0.25) is 0 Å².